The number of ether oxygens (including phenoxy) is 8. The molecule has 0 radical (unpaired) electrons. The number of fused-ring (bicyclic) bond motifs is 1. The van der Waals surface area contributed by atoms with Crippen LogP contribution >= 0.6 is 0 Å². The molecule has 0 aromatic heterocycles. The van der Waals surface area contributed by atoms with Gasteiger partial charge in [0.15, 0.2) is 23.9 Å². The van der Waals surface area contributed by atoms with E-state index >= 15 is 0 Å². The molecule has 43 heavy (non-hydrogen) atoms. The molecule has 4 rings (SSSR count). The van der Waals surface area contributed by atoms with Crippen molar-refractivity contribution in [2.24, 2.45) is 0 Å². The van der Waals surface area contributed by atoms with Crippen molar-refractivity contribution in [2.45, 2.75) is 56.9 Å². The number of hydrogen-bond donors (Lipinski definition) is 2. The molecule has 7 atom stereocenters. The molecule has 13 heteroatoms. The average Bonchev–Trinajstić information content (AvgIpc) is 3.01. The molecule has 2 aromatic rings. The number of methoxy groups -OCH3 is 3. The number of nitrogens with one attached hydrogen (secondary N) is 1. The van der Waals surface area contributed by atoms with Gasteiger partial charge in [-0.05, 0) is 42.8 Å². The molecule has 2 aliphatic heterocycles. The minimum absolute atomic E-state index is 0.0592. The van der Waals surface area contributed by atoms with Crippen molar-refractivity contribution in [3.8, 4) is 17.2 Å². The third-order valence-electron chi connectivity index (χ3n) is 6.85. The molecule has 2 saturated heterocycles. The summed E-state index contributed by atoms with van der Waals surface area (Å²) in [5.41, 5.74) is 1.33. The monoisotopic (exact) mass is 601 g/mol. The van der Waals surface area contributed by atoms with Gasteiger partial charge < -0.3 is 48.3 Å². The van der Waals surface area contributed by atoms with Gasteiger partial charge in [-0.3, -0.25) is 4.79 Å². The second-order valence-electron chi connectivity index (χ2n) is 9.77. The summed E-state index contributed by atoms with van der Waals surface area (Å²) in [6.07, 6.45) is -3.02. The first-order valence-corrected chi connectivity index (χ1v) is 13.5. The molecule has 0 aliphatic carbocycles. The van der Waals surface area contributed by atoms with Crippen LogP contribution in [0.25, 0.3) is 6.08 Å². The van der Waals surface area contributed by atoms with E-state index in [4.69, 9.17) is 33.2 Å². The van der Waals surface area contributed by atoms with Gasteiger partial charge >= 0.3 is 11.9 Å². The fourth-order valence-electron chi connectivity index (χ4n) is 4.69. The van der Waals surface area contributed by atoms with Crippen LogP contribution < -0.4 is 19.5 Å². The summed E-state index contributed by atoms with van der Waals surface area (Å²) >= 11 is 0. The Bertz CT molecular complexity index is 1310. The van der Waals surface area contributed by atoms with Crippen molar-refractivity contribution >= 4 is 23.9 Å². The summed E-state index contributed by atoms with van der Waals surface area (Å²) in [4.78, 5) is 35.7. The predicted molar refractivity (Wildman–Crippen MR) is 149 cm³/mol. The Morgan fingerprint density at radius 2 is 1.77 bits per heavy atom. The quantitative estimate of drug-likeness (QED) is 0.287. The molecular formula is C30H35NO12. The minimum Gasteiger partial charge on any atom is -0.497 e. The van der Waals surface area contributed by atoms with Crippen molar-refractivity contribution in [3.05, 3.63) is 59.7 Å². The SMILES string of the molecule is COC(=O)C=Cc1ccc(OC2OC3COC(c4ccc(OC)cc4)OC3C(OC(C)C(=O)O)C2NC(C)=O)c(OC)c1. The number of aliphatic carboxylic acids is 1. The van der Waals surface area contributed by atoms with Crippen LogP contribution in [-0.4, -0.2) is 87.6 Å². The van der Waals surface area contributed by atoms with E-state index in [9.17, 15) is 19.5 Å². The van der Waals surface area contributed by atoms with Crippen LogP contribution in [0.15, 0.2) is 48.5 Å². The number of hydrogen-bond acceptors (Lipinski definition) is 11. The zero-order valence-electron chi connectivity index (χ0n) is 24.4. The number of esters is 1. The lowest BCUT2D eigenvalue weighted by atomic mass is 9.95. The van der Waals surface area contributed by atoms with Crippen molar-refractivity contribution in [2.75, 3.05) is 27.9 Å². The van der Waals surface area contributed by atoms with Gasteiger partial charge in [-0.15, -0.1) is 0 Å². The maximum absolute atomic E-state index is 12.4. The average molecular weight is 602 g/mol. The lowest BCUT2D eigenvalue weighted by Crippen LogP contribution is -2.68. The van der Waals surface area contributed by atoms with E-state index < -0.39 is 60.9 Å². The van der Waals surface area contributed by atoms with Crippen LogP contribution in [-0.2, 0) is 38.1 Å². The first-order chi connectivity index (χ1) is 20.6. The predicted octanol–water partition coefficient (Wildman–Crippen LogP) is 2.47. The molecule has 2 fully saturated rings. The van der Waals surface area contributed by atoms with Crippen molar-refractivity contribution in [1.29, 1.82) is 0 Å². The van der Waals surface area contributed by atoms with Gasteiger partial charge in [-0.25, -0.2) is 9.59 Å². The molecule has 2 N–H and O–H groups in total. The van der Waals surface area contributed by atoms with Crippen LogP contribution in [0.3, 0.4) is 0 Å². The lowest BCUT2D eigenvalue weighted by molar-refractivity contribution is -0.340. The van der Waals surface area contributed by atoms with Gasteiger partial charge in [-0.1, -0.05) is 18.2 Å². The molecule has 2 aromatic carbocycles. The summed E-state index contributed by atoms with van der Waals surface area (Å²) in [6.45, 7) is 2.76. The minimum atomic E-state index is -1.25. The van der Waals surface area contributed by atoms with E-state index in [1.165, 1.54) is 34.1 Å². The standard InChI is InChI=1S/C30H35NO12/c1-16(28(34)35)40-27-25(31-17(2)32)30(41-21-12-6-18(14-22(21)37-4)7-13-24(33)38-5)42-23-15-39-29(43-26(23)27)19-8-10-20(36-3)11-9-19/h6-14,16,23,25-27,29-30H,15H2,1-5H3,(H,31,32)(H,34,35). The Hall–Kier alpha value is -4.17. The zero-order chi connectivity index (χ0) is 31.1. The number of carbonyl (C=O) groups is 3. The Balaban J connectivity index is 1.64. The number of benzene rings is 2. The summed E-state index contributed by atoms with van der Waals surface area (Å²) in [5, 5.41) is 12.4. The highest BCUT2D eigenvalue weighted by atomic mass is 16.8. The molecule has 0 saturated carbocycles. The normalized spacial score (nSPS) is 25.7. The molecule has 1 amide bonds. The van der Waals surface area contributed by atoms with Crippen LogP contribution in [0.4, 0.5) is 0 Å². The highest BCUT2D eigenvalue weighted by Crippen LogP contribution is 2.38. The third-order valence-corrected chi connectivity index (χ3v) is 6.85. The zero-order valence-corrected chi connectivity index (χ0v) is 24.4. The van der Waals surface area contributed by atoms with Crippen molar-refractivity contribution in [1.82, 2.24) is 5.32 Å². The topological polar surface area (TPSA) is 157 Å². The first kappa shape index (κ1) is 31.8. The molecule has 0 spiro atoms. The van der Waals surface area contributed by atoms with Crippen molar-refractivity contribution < 1.29 is 57.4 Å². The first-order valence-electron chi connectivity index (χ1n) is 13.5. The Morgan fingerprint density at radius 3 is 2.40 bits per heavy atom. The molecule has 0 bridgehead atoms. The molecule has 2 heterocycles. The maximum Gasteiger partial charge on any atom is 0.332 e. The van der Waals surface area contributed by atoms with Gasteiger partial charge in [0.05, 0.1) is 27.9 Å². The smallest absolute Gasteiger partial charge is 0.332 e. The summed E-state index contributed by atoms with van der Waals surface area (Å²) in [6, 6.07) is 11.0. The summed E-state index contributed by atoms with van der Waals surface area (Å²) < 4.78 is 46.1. The lowest BCUT2D eigenvalue weighted by Gasteiger charge is -2.49. The number of carbonyl (C=O) groups excluding carboxylic acids is 2. The van der Waals surface area contributed by atoms with E-state index in [0.717, 1.165) is 0 Å². The molecular weight excluding hydrogens is 566 g/mol. The summed E-state index contributed by atoms with van der Waals surface area (Å²) in [7, 11) is 4.28. The number of carboxylic acids is 1. The van der Waals surface area contributed by atoms with Gasteiger partial charge in [0.2, 0.25) is 12.2 Å². The number of carboxylic acid groups (broad SMARTS) is 1. The fourth-order valence-corrected chi connectivity index (χ4v) is 4.69. The molecule has 2 aliphatic rings. The van der Waals surface area contributed by atoms with E-state index in [0.29, 0.717) is 22.6 Å². The largest absolute Gasteiger partial charge is 0.497 e. The molecule has 232 valence electrons. The van der Waals surface area contributed by atoms with E-state index in [-0.39, 0.29) is 12.4 Å². The Morgan fingerprint density at radius 1 is 1.02 bits per heavy atom. The molecule has 7 unspecified atom stereocenters. The van der Waals surface area contributed by atoms with Crippen LogP contribution in [0.1, 0.15) is 31.3 Å². The highest BCUT2D eigenvalue weighted by molar-refractivity contribution is 5.87. The summed E-state index contributed by atoms with van der Waals surface area (Å²) in [5.74, 6) is -0.912. The van der Waals surface area contributed by atoms with Crippen LogP contribution in [0.5, 0.6) is 17.2 Å². The van der Waals surface area contributed by atoms with Crippen LogP contribution in [0, 0.1) is 0 Å². The maximum atomic E-state index is 12.4. The fraction of sp³-hybridized carbons (Fsp3) is 0.433. The van der Waals surface area contributed by atoms with Gasteiger partial charge in [0, 0.05) is 18.6 Å². The Labute approximate surface area is 248 Å². The van der Waals surface area contributed by atoms with Crippen molar-refractivity contribution in [3.63, 3.8) is 0 Å². The van der Waals surface area contributed by atoms with E-state index in [1.807, 2.05) is 0 Å². The Kier molecular flexibility index (Phi) is 10.6. The number of rotatable bonds is 11. The second kappa shape index (κ2) is 14.3. The highest BCUT2D eigenvalue weighted by Gasteiger charge is 2.53. The van der Waals surface area contributed by atoms with Gasteiger partial charge in [-0.2, -0.15) is 0 Å². The second-order valence-corrected chi connectivity index (χ2v) is 9.77. The third kappa shape index (κ3) is 7.82. The van der Waals surface area contributed by atoms with Crippen LogP contribution in [0.2, 0.25) is 0 Å². The van der Waals surface area contributed by atoms with Gasteiger partial charge in [0.1, 0.15) is 30.1 Å². The molecule has 13 nitrogen and oxygen atoms in total. The van der Waals surface area contributed by atoms with E-state index in [2.05, 4.69) is 10.1 Å². The van der Waals surface area contributed by atoms with Gasteiger partial charge in [0.25, 0.3) is 0 Å². The number of amides is 1. The van der Waals surface area contributed by atoms with E-state index in [1.54, 1.807) is 55.7 Å².